The molecule has 2 aromatic rings. The van der Waals surface area contributed by atoms with Crippen LogP contribution in [0, 0.1) is 0 Å². The van der Waals surface area contributed by atoms with Gasteiger partial charge in [0.05, 0.1) is 6.61 Å². The lowest BCUT2D eigenvalue weighted by atomic mass is 9.98. The molecule has 1 saturated heterocycles. The molecule has 2 amide bonds. The molecule has 2 aromatic carbocycles. The molecular formula is C23H24N2O6. The minimum atomic E-state index is -1.46. The van der Waals surface area contributed by atoms with E-state index in [1.807, 2.05) is 48.5 Å². The van der Waals surface area contributed by atoms with Gasteiger partial charge >= 0.3 is 12.1 Å². The van der Waals surface area contributed by atoms with E-state index >= 15 is 0 Å². The van der Waals surface area contributed by atoms with Gasteiger partial charge in [-0.15, -0.1) is 0 Å². The average molecular weight is 424 g/mol. The third-order valence-electron chi connectivity index (χ3n) is 5.97. The Morgan fingerprint density at radius 3 is 2.32 bits per heavy atom. The molecule has 0 bridgehead atoms. The third-order valence-corrected chi connectivity index (χ3v) is 5.97. The summed E-state index contributed by atoms with van der Waals surface area (Å²) >= 11 is 0. The normalized spacial score (nSPS) is 20.6. The van der Waals surface area contributed by atoms with E-state index in [0.717, 1.165) is 27.2 Å². The van der Waals surface area contributed by atoms with Gasteiger partial charge in [0.25, 0.3) is 0 Å². The topological polar surface area (TPSA) is 105 Å². The average Bonchev–Trinajstić information content (AvgIpc) is 3.31. The summed E-state index contributed by atoms with van der Waals surface area (Å²) < 4.78 is 10.6. The number of carboxylic acid groups (broad SMARTS) is 1. The van der Waals surface area contributed by atoms with Crippen LogP contribution in [-0.2, 0) is 19.1 Å². The standard InChI is InChI=1S/C23H24N2O6/c1-14(20(26)25-13-30-12-23(25,2)21(27)28)24-22(29)31-11-19-17-9-5-3-7-15(17)16-8-4-6-10-18(16)19/h3-10,14,19H,11-13H2,1-2H3,(H,24,29)(H,27,28)/t14-,23-/m0/s1. The number of carboxylic acids is 1. The van der Waals surface area contributed by atoms with Crippen molar-refractivity contribution in [3.05, 3.63) is 59.7 Å². The smallest absolute Gasteiger partial charge is 0.407 e. The van der Waals surface area contributed by atoms with Gasteiger partial charge in [0, 0.05) is 5.92 Å². The van der Waals surface area contributed by atoms with Crippen LogP contribution in [0.25, 0.3) is 11.1 Å². The molecule has 2 atom stereocenters. The third kappa shape index (κ3) is 3.63. The first-order valence-electron chi connectivity index (χ1n) is 10.1. The van der Waals surface area contributed by atoms with Crippen LogP contribution in [0.4, 0.5) is 4.79 Å². The summed E-state index contributed by atoms with van der Waals surface area (Å²) in [5, 5.41) is 11.9. The Hall–Kier alpha value is -3.39. The molecule has 2 aliphatic rings. The predicted octanol–water partition coefficient (Wildman–Crippen LogP) is 2.57. The number of benzene rings is 2. The highest BCUT2D eigenvalue weighted by Crippen LogP contribution is 2.44. The molecule has 1 aliphatic heterocycles. The van der Waals surface area contributed by atoms with E-state index in [1.165, 1.54) is 13.8 Å². The molecule has 8 nitrogen and oxygen atoms in total. The van der Waals surface area contributed by atoms with Gasteiger partial charge in [-0.3, -0.25) is 9.69 Å². The molecule has 4 rings (SSSR count). The molecule has 1 heterocycles. The Morgan fingerprint density at radius 2 is 1.74 bits per heavy atom. The zero-order chi connectivity index (χ0) is 22.2. The van der Waals surface area contributed by atoms with Crippen molar-refractivity contribution in [1.29, 1.82) is 0 Å². The minimum absolute atomic E-state index is 0.0913. The van der Waals surface area contributed by atoms with Crippen molar-refractivity contribution in [3.63, 3.8) is 0 Å². The summed E-state index contributed by atoms with van der Waals surface area (Å²) in [7, 11) is 0. The van der Waals surface area contributed by atoms with Gasteiger partial charge in [-0.25, -0.2) is 9.59 Å². The Labute approximate surface area is 179 Å². The molecule has 162 valence electrons. The van der Waals surface area contributed by atoms with E-state index in [0.29, 0.717) is 0 Å². The molecule has 0 unspecified atom stereocenters. The monoisotopic (exact) mass is 424 g/mol. The molecule has 1 aliphatic carbocycles. The largest absolute Gasteiger partial charge is 0.479 e. The summed E-state index contributed by atoms with van der Waals surface area (Å²) in [6, 6.07) is 15.0. The van der Waals surface area contributed by atoms with Crippen molar-refractivity contribution in [2.24, 2.45) is 0 Å². The number of carbonyl (C=O) groups excluding carboxylic acids is 2. The van der Waals surface area contributed by atoms with Crippen LogP contribution in [-0.4, -0.2) is 59.5 Å². The zero-order valence-corrected chi connectivity index (χ0v) is 17.3. The number of hydrogen-bond donors (Lipinski definition) is 2. The highest BCUT2D eigenvalue weighted by atomic mass is 16.5. The van der Waals surface area contributed by atoms with E-state index in [-0.39, 0.29) is 25.9 Å². The molecule has 0 spiro atoms. The highest BCUT2D eigenvalue weighted by Gasteiger charge is 2.48. The number of carbonyl (C=O) groups is 3. The van der Waals surface area contributed by atoms with Crippen LogP contribution < -0.4 is 5.32 Å². The van der Waals surface area contributed by atoms with E-state index in [9.17, 15) is 19.5 Å². The van der Waals surface area contributed by atoms with Crippen LogP contribution in [0.5, 0.6) is 0 Å². The molecule has 0 saturated carbocycles. The fourth-order valence-corrected chi connectivity index (χ4v) is 4.15. The van der Waals surface area contributed by atoms with Crippen molar-refractivity contribution in [1.82, 2.24) is 10.2 Å². The number of nitrogens with one attached hydrogen (secondary N) is 1. The van der Waals surface area contributed by atoms with Crippen LogP contribution >= 0.6 is 0 Å². The second-order valence-corrected chi connectivity index (χ2v) is 8.01. The number of nitrogens with zero attached hydrogens (tertiary/aromatic N) is 1. The lowest BCUT2D eigenvalue weighted by molar-refractivity contribution is -0.155. The number of aliphatic carboxylic acids is 1. The first kappa shape index (κ1) is 20.9. The van der Waals surface area contributed by atoms with Crippen LogP contribution in [0.1, 0.15) is 30.9 Å². The first-order valence-corrected chi connectivity index (χ1v) is 10.1. The molecular weight excluding hydrogens is 400 g/mol. The van der Waals surface area contributed by atoms with Crippen molar-refractivity contribution >= 4 is 18.0 Å². The quantitative estimate of drug-likeness (QED) is 0.764. The van der Waals surface area contributed by atoms with E-state index in [4.69, 9.17) is 9.47 Å². The summed E-state index contributed by atoms with van der Waals surface area (Å²) in [4.78, 5) is 37.8. The van der Waals surface area contributed by atoms with Gasteiger partial charge in [0.2, 0.25) is 5.91 Å². The fraction of sp³-hybridized carbons (Fsp3) is 0.348. The maximum absolute atomic E-state index is 12.7. The van der Waals surface area contributed by atoms with E-state index in [1.54, 1.807) is 0 Å². The predicted molar refractivity (Wildman–Crippen MR) is 111 cm³/mol. The SMILES string of the molecule is C[C@H](NC(=O)OCC1c2ccccc2-c2ccccc21)C(=O)N1COC[C@@]1(C)C(=O)O. The van der Waals surface area contributed by atoms with Crippen LogP contribution in [0.2, 0.25) is 0 Å². The van der Waals surface area contributed by atoms with Crippen molar-refractivity contribution in [2.45, 2.75) is 31.3 Å². The van der Waals surface area contributed by atoms with Gasteiger partial charge in [0.1, 0.15) is 19.4 Å². The van der Waals surface area contributed by atoms with Gasteiger partial charge in [-0.1, -0.05) is 48.5 Å². The maximum atomic E-state index is 12.7. The summed E-state index contributed by atoms with van der Waals surface area (Å²) in [6.45, 7) is 2.79. The number of rotatable bonds is 5. The fourth-order valence-electron chi connectivity index (χ4n) is 4.15. The molecule has 2 N–H and O–H groups in total. The summed E-state index contributed by atoms with van der Waals surface area (Å²) in [5.41, 5.74) is 2.96. The number of fused-ring (bicyclic) bond motifs is 3. The number of ether oxygens (including phenoxy) is 2. The van der Waals surface area contributed by atoms with Gasteiger partial charge in [0.15, 0.2) is 5.54 Å². The second-order valence-electron chi connectivity index (χ2n) is 8.01. The Morgan fingerprint density at radius 1 is 1.16 bits per heavy atom. The van der Waals surface area contributed by atoms with Gasteiger partial charge in [-0.05, 0) is 36.1 Å². The van der Waals surface area contributed by atoms with Crippen molar-refractivity contribution < 1.29 is 29.0 Å². The first-order chi connectivity index (χ1) is 14.8. The van der Waals surface area contributed by atoms with Crippen LogP contribution in [0.3, 0.4) is 0 Å². The van der Waals surface area contributed by atoms with Gasteiger partial charge in [-0.2, -0.15) is 0 Å². The second kappa shape index (κ2) is 8.03. The summed E-state index contributed by atoms with van der Waals surface area (Å²) in [5.74, 6) is -1.80. The molecule has 31 heavy (non-hydrogen) atoms. The number of alkyl carbamates (subject to hydrolysis) is 1. The van der Waals surface area contributed by atoms with E-state index in [2.05, 4.69) is 5.32 Å². The maximum Gasteiger partial charge on any atom is 0.407 e. The highest BCUT2D eigenvalue weighted by molar-refractivity contribution is 5.91. The Bertz CT molecular complexity index is 993. The molecule has 8 heteroatoms. The lowest BCUT2D eigenvalue weighted by Crippen LogP contribution is -2.57. The Balaban J connectivity index is 1.40. The van der Waals surface area contributed by atoms with E-state index < -0.39 is 29.6 Å². The summed E-state index contributed by atoms with van der Waals surface area (Å²) in [6.07, 6.45) is -0.736. The van der Waals surface area contributed by atoms with Crippen LogP contribution in [0.15, 0.2) is 48.5 Å². The van der Waals surface area contributed by atoms with Crippen molar-refractivity contribution in [2.75, 3.05) is 19.9 Å². The number of hydrogen-bond acceptors (Lipinski definition) is 5. The Kier molecular flexibility index (Phi) is 5.41. The van der Waals surface area contributed by atoms with Crippen molar-refractivity contribution in [3.8, 4) is 11.1 Å². The zero-order valence-electron chi connectivity index (χ0n) is 17.3. The molecule has 0 radical (unpaired) electrons. The van der Waals surface area contributed by atoms with Gasteiger partial charge < -0.3 is 19.9 Å². The lowest BCUT2D eigenvalue weighted by Gasteiger charge is -2.31. The molecule has 0 aromatic heterocycles. The molecule has 1 fully saturated rings. The minimum Gasteiger partial charge on any atom is -0.479 e. The number of amides is 2.